The van der Waals surface area contributed by atoms with Crippen LogP contribution in [0.5, 0.6) is 0 Å². The van der Waals surface area contributed by atoms with Gasteiger partial charge in [0, 0.05) is 24.7 Å². The third-order valence-electron chi connectivity index (χ3n) is 4.26. The number of anilines is 2. The number of rotatable bonds is 4. The molecule has 9 heteroatoms. The van der Waals surface area contributed by atoms with Gasteiger partial charge in [-0.15, -0.1) is 0 Å². The number of amides is 1. The molecule has 1 aromatic carbocycles. The number of carbonyl (C=O) groups excluding carboxylic acids is 1. The standard InChI is InChI=1S/C17H20N4O4S/c1-21-16(22)9-12-8-11(6-7-15(12)19-21)17(23)18-13-4-3-5-14(10-13)20-26(2,24)25/h3-5,9-11,20H,6-8H2,1-2H3,(H,18,23)/t11-/m0/s1. The van der Waals surface area contributed by atoms with E-state index in [2.05, 4.69) is 15.1 Å². The number of nitrogens with one attached hydrogen (secondary N) is 2. The molecule has 1 aromatic heterocycles. The van der Waals surface area contributed by atoms with Gasteiger partial charge in [0.05, 0.1) is 17.6 Å². The highest BCUT2D eigenvalue weighted by atomic mass is 32.2. The Hall–Kier alpha value is -2.68. The maximum absolute atomic E-state index is 12.6. The summed E-state index contributed by atoms with van der Waals surface area (Å²) < 4.78 is 26.3. The molecule has 138 valence electrons. The van der Waals surface area contributed by atoms with Gasteiger partial charge >= 0.3 is 0 Å². The Labute approximate surface area is 151 Å². The van der Waals surface area contributed by atoms with Crippen molar-refractivity contribution in [2.24, 2.45) is 13.0 Å². The highest BCUT2D eigenvalue weighted by Gasteiger charge is 2.26. The Balaban J connectivity index is 1.72. The van der Waals surface area contributed by atoms with E-state index in [1.165, 1.54) is 4.68 Å². The molecule has 3 rings (SSSR count). The molecule has 1 atom stereocenters. The lowest BCUT2D eigenvalue weighted by molar-refractivity contribution is -0.120. The zero-order chi connectivity index (χ0) is 18.9. The molecule has 1 aliphatic carbocycles. The Morgan fingerprint density at radius 2 is 2.00 bits per heavy atom. The predicted octanol–water partition coefficient (Wildman–Crippen LogP) is 0.895. The average molecular weight is 376 g/mol. The van der Waals surface area contributed by atoms with Crippen LogP contribution < -0.4 is 15.6 Å². The lowest BCUT2D eigenvalue weighted by Crippen LogP contribution is -2.31. The molecule has 8 nitrogen and oxygen atoms in total. The van der Waals surface area contributed by atoms with Crippen molar-refractivity contribution in [3.05, 3.63) is 51.9 Å². The van der Waals surface area contributed by atoms with Crippen molar-refractivity contribution in [1.29, 1.82) is 0 Å². The van der Waals surface area contributed by atoms with E-state index in [9.17, 15) is 18.0 Å². The van der Waals surface area contributed by atoms with Crippen LogP contribution in [-0.4, -0.2) is 30.4 Å². The fourth-order valence-corrected chi connectivity index (χ4v) is 3.58. The minimum Gasteiger partial charge on any atom is -0.326 e. The molecule has 2 aromatic rings. The lowest BCUT2D eigenvalue weighted by atomic mass is 9.86. The number of aromatic nitrogens is 2. The Morgan fingerprint density at radius 3 is 2.73 bits per heavy atom. The van der Waals surface area contributed by atoms with Gasteiger partial charge in [-0.25, -0.2) is 13.1 Å². The van der Waals surface area contributed by atoms with Gasteiger partial charge in [-0.1, -0.05) is 6.07 Å². The van der Waals surface area contributed by atoms with E-state index in [1.807, 2.05) is 0 Å². The van der Waals surface area contributed by atoms with Crippen LogP contribution in [0.25, 0.3) is 0 Å². The summed E-state index contributed by atoms with van der Waals surface area (Å²) in [5.41, 5.74) is 2.37. The number of hydrogen-bond donors (Lipinski definition) is 2. The molecule has 1 aliphatic rings. The summed E-state index contributed by atoms with van der Waals surface area (Å²) in [7, 11) is -1.78. The van der Waals surface area contributed by atoms with Crippen molar-refractivity contribution in [1.82, 2.24) is 9.78 Å². The van der Waals surface area contributed by atoms with Crippen LogP contribution in [0.4, 0.5) is 11.4 Å². The molecule has 1 heterocycles. The second-order valence-electron chi connectivity index (χ2n) is 6.46. The van der Waals surface area contributed by atoms with E-state index in [-0.39, 0.29) is 17.4 Å². The van der Waals surface area contributed by atoms with Crippen LogP contribution in [0.1, 0.15) is 17.7 Å². The van der Waals surface area contributed by atoms with Gasteiger partial charge in [-0.05, 0) is 43.0 Å². The molecule has 1 amide bonds. The summed E-state index contributed by atoms with van der Waals surface area (Å²) in [5, 5.41) is 7.06. The van der Waals surface area contributed by atoms with Crippen LogP contribution in [0.3, 0.4) is 0 Å². The lowest BCUT2D eigenvalue weighted by Gasteiger charge is -2.23. The molecule has 26 heavy (non-hydrogen) atoms. The molecule has 0 saturated heterocycles. The Morgan fingerprint density at radius 1 is 1.27 bits per heavy atom. The second kappa shape index (κ2) is 6.91. The van der Waals surface area contributed by atoms with Gasteiger partial charge in [-0.2, -0.15) is 5.10 Å². The van der Waals surface area contributed by atoms with E-state index in [1.54, 1.807) is 37.4 Å². The van der Waals surface area contributed by atoms with E-state index in [4.69, 9.17) is 0 Å². The van der Waals surface area contributed by atoms with Crippen molar-refractivity contribution in [3.63, 3.8) is 0 Å². The van der Waals surface area contributed by atoms with Crippen LogP contribution in [-0.2, 0) is 34.7 Å². The Kier molecular flexibility index (Phi) is 4.82. The second-order valence-corrected chi connectivity index (χ2v) is 8.21. The highest BCUT2D eigenvalue weighted by Crippen LogP contribution is 2.25. The third-order valence-corrected chi connectivity index (χ3v) is 4.86. The van der Waals surface area contributed by atoms with E-state index < -0.39 is 10.0 Å². The molecule has 0 fully saturated rings. The van der Waals surface area contributed by atoms with Gasteiger partial charge in [0.2, 0.25) is 15.9 Å². The van der Waals surface area contributed by atoms with Crippen molar-refractivity contribution < 1.29 is 13.2 Å². The molecule has 0 radical (unpaired) electrons. The van der Waals surface area contributed by atoms with Gasteiger partial charge in [-0.3, -0.25) is 14.3 Å². The summed E-state index contributed by atoms with van der Waals surface area (Å²) in [5.74, 6) is -0.421. The Bertz CT molecular complexity index is 1010. The average Bonchev–Trinajstić information content (AvgIpc) is 2.54. The topological polar surface area (TPSA) is 110 Å². The summed E-state index contributed by atoms with van der Waals surface area (Å²) in [6.45, 7) is 0. The first-order valence-electron chi connectivity index (χ1n) is 8.16. The number of fused-ring (bicyclic) bond motifs is 1. The first-order chi connectivity index (χ1) is 12.2. The van der Waals surface area contributed by atoms with Crippen molar-refractivity contribution in [3.8, 4) is 0 Å². The molecule has 2 N–H and O–H groups in total. The third kappa shape index (κ3) is 4.29. The minimum atomic E-state index is -3.39. The number of sulfonamides is 1. The fourth-order valence-electron chi connectivity index (χ4n) is 3.03. The smallest absolute Gasteiger partial charge is 0.266 e. The minimum absolute atomic E-state index is 0.159. The zero-order valence-electron chi connectivity index (χ0n) is 14.5. The first kappa shape index (κ1) is 18.1. The number of nitrogens with zero attached hydrogens (tertiary/aromatic N) is 2. The SMILES string of the molecule is Cn1nc2c(cc1=O)C[C@@H](C(=O)Nc1cccc(NS(C)(=O)=O)c1)CC2. The van der Waals surface area contributed by atoms with Crippen LogP contribution in [0, 0.1) is 5.92 Å². The summed E-state index contributed by atoms with van der Waals surface area (Å²) in [4.78, 5) is 24.3. The van der Waals surface area contributed by atoms with Gasteiger partial charge in [0.25, 0.3) is 5.56 Å². The first-order valence-corrected chi connectivity index (χ1v) is 10.1. The quantitative estimate of drug-likeness (QED) is 0.824. The fraction of sp³-hybridized carbons (Fsp3) is 0.353. The molecular weight excluding hydrogens is 356 g/mol. The van der Waals surface area contributed by atoms with E-state index in [0.29, 0.717) is 30.6 Å². The normalized spacial score (nSPS) is 16.6. The molecular formula is C17H20N4O4S. The molecule has 0 spiro atoms. The molecule has 0 aliphatic heterocycles. The number of benzene rings is 1. The summed E-state index contributed by atoms with van der Waals surface area (Å²) in [6.07, 6.45) is 2.81. The monoisotopic (exact) mass is 376 g/mol. The van der Waals surface area contributed by atoms with E-state index in [0.717, 1.165) is 17.5 Å². The van der Waals surface area contributed by atoms with Gasteiger partial charge in [0.15, 0.2) is 0 Å². The van der Waals surface area contributed by atoms with Crippen molar-refractivity contribution in [2.45, 2.75) is 19.3 Å². The van der Waals surface area contributed by atoms with E-state index >= 15 is 0 Å². The summed E-state index contributed by atoms with van der Waals surface area (Å²) in [6, 6.07) is 8.06. The van der Waals surface area contributed by atoms with Crippen LogP contribution >= 0.6 is 0 Å². The predicted molar refractivity (Wildman–Crippen MR) is 98.5 cm³/mol. The van der Waals surface area contributed by atoms with Crippen LogP contribution in [0.2, 0.25) is 0 Å². The zero-order valence-corrected chi connectivity index (χ0v) is 15.3. The van der Waals surface area contributed by atoms with Crippen molar-refractivity contribution >= 4 is 27.3 Å². The molecule has 0 saturated carbocycles. The molecule has 0 unspecified atom stereocenters. The summed E-state index contributed by atoms with van der Waals surface area (Å²) >= 11 is 0. The van der Waals surface area contributed by atoms with Crippen LogP contribution in [0.15, 0.2) is 35.1 Å². The number of carbonyl (C=O) groups is 1. The van der Waals surface area contributed by atoms with Gasteiger partial charge < -0.3 is 5.32 Å². The molecule has 0 bridgehead atoms. The van der Waals surface area contributed by atoms with Crippen molar-refractivity contribution in [2.75, 3.05) is 16.3 Å². The maximum atomic E-state index is 12.6. The largest absolute Gasteiger partial charge is 0.326 e. The highest BCUT2D eigenvalue weighted by molar-refractivity contribution is 7.92. The number of hydrogen-bond acceptors (Lipinski definition) is 5. The van der Waals surface area contributed by atoms with Gasteiger partial charge in [0.1, 0.15) is 0 Å². The number of aryl methyl sites for hydroxylation is 2. The maximum Gasteiger partial charge on any atom is 0.266 e.